The molecule has 0 saturated heterocycles. The average molecular weight is 455 g/mol. The Kier molecular flexibility index (Phi) is 8.42. The van der Waals surface area contributed by atoms with Crippen LogP contribution in [0.1, 0.15) is 21.5 Å². The van der Waals surface area contributed by atoms with Crippen LogP contribution in [0.5, 0.6) is 0 Å². The molecule has 8 heteroatoms. The van der Waals surface area contributed by atoms with E-state index in [1.165, 1.54) is 11.1 Å². The SMILES string of the molecule is O=C(c1c[nH]c2ccc(C#CCO)cc2c1=O)N(CCOCCO)Cc1ccc(Cl)cc1. The van der Waals surface area contributed by atoms with Crippen molar-refractivity contribution in [3.8, 4) is 11.8 Å². The normalized spacial score (nSPS) is 10.6. The number of hydrogen-bond donors (Lipinski definition) is 3. The average Bonchev–Trinajstić information content (AvgIpc) is 2.81. The largest absolute Gasteiger partial charge is 0.394 e. The van der Waals surface area contributed by atoms with Crippen molar-refractivity contribution in [2.75, 3.05) is 33.0 Å². The van der Waals surface area contributed by atoms with Gasteiger partial charge in [-0.15, -0.1) is 0 Å². The Balaban J connectivity index is 1.93. The van der Waals surface area contributed by atoms with Crippen LogP contribution >= 0.6 is 11.6 Å². The number of H-pyrrole nitrogens is 1. The van der Waals surface area contributed by atoms with Crippen molar-refractivity contribution in [2.24, 2.45) is 0 Å². The predicted molar refractivity (Wildman–Crippen MR) is 123 cm³/mol. The first kappa shape index (κ1) is 23.5. The van der Waals surface area contributed by atoms with Gasteiger partial charge in [0.15, 0.2) is 0 Å². The number of aromatic amines is 1. The van der Waals surface area contributed by atoms with Crippen LogP contribution in [0.2, 0.25) is 5.02 Å². The summed E-state index contributed by atoms with van der Waals surface area (Å²) in [5.41, 5.74) is 1.59. The highest BCUT2D eigenvalue weighted by atomic mass is 35.5. The number of aliphatic hydroxyl groups excluding tert-OH is 2. The van der Waals surface area contributed by atoms with Gasteiger partial charge in [-0.2, -0.15) is 0 Å². The predicted octanol–water partition coefficient (Wildman–Crippen LogP) is 2.18. The van der Waals surface area contributed by atoms with Crippen LogP contribution < -0.4 is 5.43 Å². The number of fused-ring (bicyclic) bond motifs is 1. The lowest BCUT2D eigenvalue weighted by Gasteiger charge is -2.23. The Labute approximate surface area is 190 Å². The molecule has 1 heterocycles. The molecule has 0 spiro atoms. The van der Waals surface area contributed by atoms with Crippen molar-refractivity contribution in [1.82, 2.24) is 9.88 Å². The molecular weight excluding hydrogens is 432 g/mol. The minimum Gasteiger partial charge on any atom is -0.394 e. The number of rotatable bonds is 8. The molecule has 0 bridgehead atoms. The van der Waals surface area contributed by atoms with Gasteiger partial charge in [0.25, 0.3) is 5.91 Å². The van der Waals surface area contributed by atoms with Gasteiger partial charge in [-0.1, -0.05) is 35.6 Å². The Bertz CT molecular complexity index is 1190. The van der Waals surface area contributed by atoms with Gasteiger partial charge in [-0.25, -0.2) is 0 Å². The van der Waals surface area contributed by atoms with E-state index in [-0.39, 0.29) is 45.1 Å². The Morgan fingerprint density at radius 1 is 1.12 bits per heavy atom. The third-order valence-electron chi connectivity index (χ3n) is 4.74. The zero-order valence-electron chi connectivity index (χ0n) is 17.3. The van der Waals surface area contributed by atoms with Crippen molar-refractivity contribution in [1.29, 1.82) is 0 Å². The number of nitrogens with one attached hydrogen (secondary N) is 1. The van der Waals surface area contributed by atoms with Gasteiger partial charge in [0.2, 0.25) is 5.43 Å². The molecule has 0 atom stereocenters. The van der Waals surface area contributed by atoms with Crippen molar-refractivity contribution >= 4 is 28.4 Å². The molecule has 3 N–H and O–H groups in total. The lowest BCUT2D eigenvalue weighted by molar-refractivity contribution is 0.0551. The van der Waals surface area contributed by atoms with Gasteiger partial charge in [-0.3, -0.25) is 9.59 Å². The summed E-state index contributed by atoms with van der Waals surface area (Å²) < 4.78 is 5.32. The van der Waals surface area contributed by atoms with Crippen LogP contribution in [-0.4, -0.2) is 59.0 Å². The van der Waals surface area contributed by atoms with E-state index < -0.39 is 11.3 Å². The lowest BCUT2D eigenvalue weighted by atomic mass is 10.1. The van der Waals surface area contributed by atoms with Crippen LogP contribution in [0.25, 0.3) is 10.9 Å². The number of ether oxygens (including phenoxy) is 1. The van der Waals surface area contributed by atoms with E-state index in [9.17, 15) is 9.59 Å². The summed E-state index contributed by atoms with van der Waals surface area (Å²) in [6.45, 7) is 0.476. The molecular formula is C24H23ClN2O5. The summed E-state index contributed by atoms with van der Waals surface area (Å²) in [6, 6.07) is 12.1. The summed E-state index contributed by atoms with van der Waals surface area (Å²) >= 11 is 5.95. The van der Waals surface area contributed by atoms with E-state index in [0.29, 0.717) is 21.5 Å². The van der Waals surface area contributed by atoms with Crippen LogP contribution in [0, 0.1) is 11.8 Å². The number of nitrogens with zero attached hydrogens (tertiary/aromatic N) is 1. The van der Waals surface area contributed by atoms with Crippen molar-refractivity contribution in [2.45, 2.75) is 6.54 Å². The molecule has 0 radical (unpaired) electrons. The first-order valence-corrected chi connectivity index (χ1v) is 10.4. The van der Waals surface area contributed by atoms with E-state index in [0.717, 1.165) is 5.56 Å². The molecule has 32 heavy (non-hydrogen) atoms. The highest BCUT2D eigenvalue weighted by molar-refractivity contribution is 6.30. The van der Waals surface area contributed by atoms with E-state index >= 15 is 0 Å². The van der Waals surface area contributed by atoms with Crippen LogP contribution in [-0.2, 0) is 11.3 Å². The van der Waals surface area contributed by atoms with E-state index in [4.69, 9.17) is 26.6 Å². The monoisotopic (exact) mass is 454 g/mol. The Morgan fingerprint density at radius 2 is 1.91 bits per heavy atom. The number of hydrogen-bond acceptors (Lipinski definition) is 5. The molecule has 0 aliphatic rings. The minimum atomic E-state index is -0.442. The second kappa shape index (κ2) is 11.5. The van der Waals surface area contributed by atoms with E-state index in [1.54, 1.807) is 30.3 Å². The number of pyridine rings is 1. The molecule has 0 saturated carbocycles. The Hall–Kier alpha value is -3.15. The lowest BCUT2D eigenvalue weighted by Crippen LogP contribution is -2.36. The molecule has 0 aliphatic carbocycles. The fourth-order valence-corrected chi connectivity index (χ4v) is 3.30. The fraction of sp³-hybridized carbons (Fsp3) is 0.250. The second-order valence-electron chi connectivity index (χ2n) is 6.94. The van der Waals surface area contributed by atoms with Gasteiger partial charge in [0.05, 0.1) is 19.8 Å². The van der Waals surface area contributed by atoms with E-state index in [1.807, 2.05) is 12.1 Å². The molecule has 166 valence electrons. The maximum atomic E-state index is 13.3. The highest BCUT2D eigenvalue weighted by Crippen LogP contribution is 2.15. The van der Waals surface area contributed by atoms with Crippen molar-refractivity contribution in [3.63, 3.8) is 0 Å². The summed E-state index contributed by atoms with van der Waals surface area (Å²) in [6.07, 6.45) is 1.41. The summed E-state index contributed by atoms with van der Waals surface area (Å²) in [7, 11) is 0. The minimum absolute atomic E-state index is 0.000823. The van der Waals surface area contributed by atoms with Crippen LogP contribution in [0.15, 0.2) is 53.5 Å². The van der Waals surface area contributed by atoms with Gasteiger partial charge in [0, 0.05) is 40.8 Å². The smallest absolute Gasteiger partial charge is 0.259 e. The summed E-state index contributed by atoms with van der Waals surface area (Å²) in [5.74, 6) is 4.87. The van der Waals surface area contributed by atoms with Gasteiger partial charge >= 0.3 is 0 Å². The number of carbonyl (C=O) groups is 1. The molecule has 3 aromatic rings. The zero-order chi connectivity index (χ0) is 22.9. The first-order chi connectivity index (χ1) is 15.5. The van der Waals surface area contributed by atoms with Gasteiger partial charge in [-0.05, 0) is 35.9 Å². The van der Waals surface area contributed by atoms with Gasteiger partial charge < -0.3 is 24.8 Å². The third-order valence-corrected chi connectivity index (χ3v) is 4.99. The molecule has 0 aliphatic heterocycles. The molecule has 1 amide bonds. The quantitative estimate of drug-likeness (QED) is 0.357. The standard InChI is InChI=1S/C24H23ClN2O5/c25-19-6-3-18(4-7-19)16-27(9-12-32-13-11-29)24(31)21-15-26-22-8-5-17(2-1-10-28)14-20(22)23(21)30/h3-8,14-15,28-29H,9-13,16H2,(H,26,30). The number of halogens is 1. The van der Waals surface area contributed by atoms with Gasteiger partial charge in [0.1, 0.15) is 12.2 Å². The number of carbonyl (C=O) groups excluding carboxylic acids is 1. The first-order valence-electron chi connectivity index (χ1n) is 10.0. The maximum Gasteiger partial charge on any atom is 0.259 e. The topological polar surface area (TPSA) is 103 Å². The summed E-state index contributed by atoms with van der Waals surface area (Å²) in [5, 5.41) is 18.7. The van der Waals surface area contributed by atoms with Crippen LogP contribution in [0.3, 0.4) is 0 Å². The highest BCUT2D eigenvalue weighted by Gasteiger charge is 2.20. The third kappa shape index (κ3) is 5.96. The Morgan fingerprint density at radius 3 is 2.62 bits per heavy atom. The molecule has 0 unspecified atom stereocenters. The second-order valence-corrected chi connectivity index (χ2v) is 7.38. The molecule has 1 aromatic heterocycles. The van der Waals surface area contributed by atoms with Crippen LogP contribution in [0.4, 0.5) is 0 Å². The zero-order valence-corrected chi connectivity index (χ0v) is 18.1. The molecule has 2 aromatic carbocycles. The maximum absolute atomic E-state index is 13.3. The van der Waals surface area contributed by atoms with E-state index in [2.05, 4.69) is 16.8 Å². The molecule has 3 rings (SSSR count). The van der Waals surface area contributed by atoms with Crippen molar-refractivity contribution in [3.05, 3.63) is 80.6 Å². The molecule has 7 nitrogen and oxygen atoms in total. The number of aliphatic hydroxyl groups is 2. The molecule has 0 fully saturated rings. The summed E-state index contributed by atoms with van der Waals surface area (Å²) in [4.78, 5) is 31.0. The number of aromatic nitrogens is 1. The number of amides is 1. The fourth-order valence-electron chi connectivity index (χ4n) is 3.17. The van der Waals surface area contributed by atoms with Crippen molar-refractivity contribution < 1.29 is 19.7 Å². The number of benzene rings is 2.